The lowest BCUT2D eigenvalue weighted by Crippen LogP contribution is -2.38. The fourth-order valence-electron chi connectivity index (χ4n) is 3.79. The number of para-hydroxylation sites is 1. The molecule has 2 aromatic carbocycles. The zero-order chi connectivity index (χ0) is 18.6. The number of nitrogens with zero attached hydrogens (tertiary/aromatic N) is 3. The van der Waals surface area contributed by atoms with Gasteiger partial charge in [0.05, 0.1) is 18.7 Å². The molecule has 0 aliphatic carbocycles. The molecule has 0 unspecified atom stereocenters. The van der Waals surface area contributed by atoms with Crippen molar-refractivity contribution >= 4 is 24.0 Å². The van der Waals surface area contributed by atoms with Gasteiger partial charge in [-0.3, -0.25) is 9.48 Å². The summed E-state index contributed by atoms with van der Waals surface area (Å²) in [6.45, 7) is 2.06. The molecule has 0 saturated carbocycles. The van der Waals surface area contributed by atoms with Gasteiger partial charge in [0.1, 0.15) is 0 Å². The smallest absolute Gasteiger partial charge is 0.232 e. The zero-order valence-corrected chi connectivity index (χ0v) is 16.7. The third-order valence-corrected chi connectivity index (χ3v) is 5.20. The van der Waals surface area contributed by atoms with E-state index >= 15 is 0 Å². The summed E-state index contributed by atoms with van der Waals surface area (Å²) in [6, 6.07) is 20.1. The molecule has 5 nitrogen and oxygen atoms in total. The zero-order valence-electron chi connectivity index (χ0n) is 15.9. The fourth-order valence-corrected chi connectivity index (χ4v) is 3.79. The quantitative estimate of drug-likeness (QED) is 0.719. The molecule has 28 heavy (non-hydrogen) atoms. The van der Waals surface area contributed by atoms with Crippen molar-refractivity contribution in [1.29, 1.82) is 0 Å². The number of nitrogens with one attached hydrogen (secondary N) is 1. The number of hydrogen-bond donors (Lipinski definition) is 1. The van der Waals surface area contributed by atoms with Gasteiger partial charge < -0.3 is 10.2 Å². The summed E-state index contributed by atoms with van der Waals surface area (Å²) < 4.78 is 1.80. The highest BCUT2D eigenvalue weighted by Crippen LogP contribution is 2.31. The summed E-state index contributed by atoms with van der Waals surface area (Å²) in [5, 5.41) is 7.69. The van der Waals surface area contributed by atoms with Crippen molar-refractivity contribution in [1.82, 2.24) is 15.1 Å². The van der Waals surface area contributed by atoms with E-state index < -0.39 is 0 Å². The Morgan fingerprint density at radius 1 is 1.11 bits per heavy atom. The van der Waals surface area contributed by atoms with E-state index in [0.717, 1.165) is 23.4 Å². The Morgan fingerprint density at radius 3 is 2.43 bits per heavy atom. The Balaban J connectivity index is 0.00000225. The maximum Gasteiger partial charge on any atom is 0.232 e. The normalized spacial score (nSPS) is 18.5. The highest BCUT2D eigenvalue weighted by molar-refractivity contribution is 5.96. The molecule has 2 atom stereocenters. The molecule has 3 aromatic rings. The van der Waals surface area contributed by atoms with Crippen molar-refractivity contribution in [3.8, 4) is 0 Å². The Hall–Kier alpha value is -2.63. The van der Waals surface area contributed by atoms with Crippen LogP contribution >= 0.6 is 12.4 Å². The van der Waals surface area contributed by atoms with Gasteiger partial charge in [-0.1, -0.05) is 48.5 Å². The molecule has 0 radical (unpaired) electrons. The lowest BCUT2D eigenvalue weighted by atomic mass is 9.89. The van der Waals surface area contributed by atoms with Crippen molar-refractivity contribution in [3.63, 3.8) is 0 Å². The Labute approximate surface area is 171 Å². The average molecular weight is 397 g/mol. The Kier molecular flexibility index (Phi) is 6.49. The second-order valence-corrected chi connectivity index (χ2v) is 7.06. The lowest BCUT2D eigenvalue weighted by Gasteiger charge is -2.28. The highest BCUT2D eigenvalue weighted by Gasteiger charge is 2.37. The van der Waals surface area contributed by atoms with Crippen molar-refractivity contribution in [2.45, 2.75) is 12.5 Å². The molecule has 0 spiro atoms. The van der Waals surface area contributed by atoms with Gasteiger partial charge in [-0.2, -0.15) is 5.10 Å². The van der Waals surface area contributed by atoms with Gasteiger partial charge in [-0.25, -0.2) is 0 Å². The summed E-state index contributed by atoms with van der Waals surface area (Å²) in [6.07, 6.45) is 3.89. The Morgan fingerprint density at radius 2 is 1.79 bits per heavy atom. The SMILES string of the molecule is Cl.Cn1cc([C@H]2CNC[C@@H]2C(=O)N(Cc2ccccc2)c2ccccc2)cn1. The molecular formula is C22H25ClN4O. The first kappa shape index (κ1) is 20.1. The van der Waals surface area contributed by atoms with Crippen LogP contribution in [0.5, 0.6) is 0 Å². The predicted octanol–water partition coefficient (Wildman–Crippen LogP) is 3.38. The first-order valence-electron chi connectivity index (χ1n) is 9.32. The van der Waals surface area contributed by atoms with E-state index in [0.29, 0.717) is 13.1 Å². The first-order chi connectivity index (χ1) is 13.2. The first-order valence-corrected chi connectivity index (χ1v) is 9.32. The number of carbonyl (C=O) groups excluding carboxylic acids is 1. The van der Waals surface area contributed by atoms with E-state index in [4.69, 9.17) is 0 Å². The number of aryl methyl sites for hydroxylation is 1. The van der Waals surface area contributed by atoms with Crippen LogP contribution in [0.3, 0.4) is 0 Å². The molecule has 1 saturated heterocycles. The van der Waals surface area contributed by atoms with Crippen LogP contribution in [-0.4, -0.2) is 28.8 Å². The van der Waals surface area contributed by atoms with Crippen molar-refractivity contribution in [3.05, 3.63) is 84.2 Å². The molecule has 2 heterocycles. The predicted molar refractivity (Wildman–Crippen MR) is 114 cm³/mol. The molecule has 1 amide bonds. The molecule has 1 aliphatic rings. The van der Waals surface area contributed by atoms with Gasteiger partial charge in [-0.05, 0) is 23.3 Å². The van der Waals surface area contributed by atoms with Gasteiger partial charge >= 0.3 is 0 Å². The van der Waals surface area contributed by atoms with Crippen LogP contribution < -0.4 is 10.2 Å². The average Bonchev–Trinajstić information content (AvgIpc) is 3.36. The largest absolute Gasteiger partial charge is 0.315 e. The highest BCUT2D eigenvalue weighted by atomic mass is 35.5. The summed E-state index contributed by atoms with van der Waals surface area (Å²) in [7, 11) is 1.91. The topological polar surface area (TPSA) is 50.2 Å². The molecule has 1 fully saturated rings. The summed E-state index contributed by atoms with van der Waals surface area (Å²) in [5.41, 5.74) is 3.18. The van der Waals surface area contributed by atoms with Crippen LogP contribution in [0.4, 0.5) is 5.69 Å². The number of rotatable bonds is 5. The number of hydrogen-bond acceptors (Lipinski definition) is 3. The number of halogens is 1. The van der Waals surface area contributed by atoms with Crippen molar-refractivity contribution in [2.24, 2.45) is 13.0 Å². The summed E-state index contributed by atoms with van der Waals surface area (Å²) in [4.78, 5) is 15.5. The molecule has 0 bridgehead atoms. The molecule has 6 heteroatoms. The standard InChI is InChI=1S/C22H24N4O.ClH/c1-25-16-18(12-24-25)20-13-23-14-21(20)22(27)26(19-10-6-3-7-11-19)15-17-8-4-2-5-9-17;/h2-12,16,20-21,23H,13-15H2,1H3;1H/t20-,21+;/m1./s1. The molecule has 146 valence electrons. The fraction of sp³-hybridized carbons (Fsp3) is 0.273. The van der Waals surface area contributed by atoms with Gasteiger partial charge in [0.25, 0.3) is 0 Å². The number of carbonyl (C=O) groups is 1. The molecular weight excluding hydrogens is 372 g/mol. The van der Waals surface area contributed by atoms with E-state index in [1.807, 2.05) is 72.9 Å². The summed E-state index contributed by atoms with van der Waals surface area (Å²) >= 11 is 0. The van der Waals surface area contributed by atoms with Crippen molar-refractivity contribution < 1.29 is 4.79 Å². The van der Waals surface area contributed by atoms with E-state index in [9.17, 15) is 4.79 Å². The number of aromatic nitrogens is 2. The van der Waals surface area contributed by atoms with Gasteiger partial charge in [0.15, 0.2) is 0 Å². The minimum Gasteiger partial charge on any atom is -0.315 e. The maximum atomic E-state index is 13.6. The molecule has 1 N–H and O–H groups in total. The molecule has 1 aromatic heterocycles. The van der Waals surface area contributed by atoms with Gasteiger partial charge in [0.2, 0.25) is 5.91 Å². The van der Waals surface area contributed by atoms with E-state index in [1.54, 1.807) is 4.68 Å². The second-order valence-electron chi connectivity index (χ2n) is 7.06. The monoisotopic (exact) mass is 396 g/mol. The third-order valence-electron chi connectivity index (χ3n) is 5.20. The number of benzene rings is 2. The number of amides is 1. The van der Waals surface area contributed by atoms with E-state index in [1.165, 1.54) is 0 Å². The van der Waals surface area contributed by atoms with Crippen LogP contribution in [0.25, 0.3) is 0 Å². The van der Waals surface area contributed by atoms with E-state index in [2.05, 4.69) is 22.5 Å². The molecule has 4 rings (SSSR count). The second kappa shape index (κ2) is 9.04. The lowest BCUT2D eigenvalue weighted by molar-refractivity contribution is -0.122. The van der Waals surface area contributed by atoms with Crippen LogP contribution in [0.1, 0.15) is 17.0 Å². The van der Waals surface area contributed by atoms with Crippen LogP contribution in [0.15, 0.2) is 73.1 Å². The Bertz CT molecular complexity index is 897. The number of anilines is 1. The third kappa shape index (κ3) is 4.26. The minimum absolute atomic E-state index is 0. The van der Waals surface area contributed by atoms with E-state index in [-0.39, 0.29) is 30.2 Å². The van der Waals surface area contributed by atoms with Crippen LogP contribution in [-0.2, 0) is 18.4 Å². The van der Waals surface area contributed by atoms with Crippen LogP contribution in [0.2, 0.25) is 0 Å². The van der Waals surface area contributed by atoms with Crippen LogP contribution in [0, 0.1) is 5.92 Å². The summed E-state index contributed by atoms with van der Waals surface area (Å²) in [5.74, 6) is 0.204. The van der Waals surface area contributed by atoms with Crippen molar-refractivity contribution in [2.75, 3.05) is 18.0 Å². The maximum absolute atomic E-state index is 13.6. The minimum atomic E-state index is -0.0990. The van der Waals surface area contributed by atoms with Gasteiger partial charge in [-0.15, -0.1) is 12.4 Å². The van der Waals surface area contributed by atoms with Gasteiger partial charge in [0, 0.05) is 37.9 Å². The molecule has 1 aliphatic heterocycles.